The number of hydrogen-bond donors (Lipinski definition) is 1. The van der Waals surface area contributed by atoms with E-state index in [9.17, 15) is 19.7 Å². The van der Waals surface area contributed by atoms with E-state index in [0.717, 1.165) is 4.47 Å². The summed E-state index contributed by atoms with van der Waals surface area (Å²) in [5.74, 6) is -0.844. The van der Waals surface area contributed by atoms with Crippen molar-refractivity contribution in [3.05, 3.63) is 74.3 Å². The number of anilines is 1. The molecule has 0 atom stereocenters. The van der Waals surface area contributed by atoms with Crippen molar-refractivity contribution in [1.82, 2.24) is 0 Å². The van der Waals surface area contributed by atoms with Crippen molar-refractivity contribution in [2.45, 2.75) is 0 Å². The molecule has 1 aliphatic rings. The van der Waals surface area contributed by atoms with E-state index in [4.69, 9.17) is 0 Å². The van der Waals surface area contributed by atoms with E-state index in [1.54, 1.807) is 18.2 Å². The number of nitrogens with one attached hydrogen (secondary N) is 1. The third-order valence-electron chi connectivity index (χ3n) is 3.38. The van der Waals surface area contributed by atoms with Crippen molar-refractivity contribution in [3.63, 3.8) is 0 Å². The maximum Gasteiger partial charge on any atom is 0.270 e. The number of nitrogens with zero attached hydrogens (tertiary/aromatic N) is 1. The number of non-ortho nitro benzene ring substituents is 1. The largest absolute Gasteiger partial charge is 0.321 e. The Kier molecular flexibility index (Phi) is 3.79. The number of nitro groups is 1. The highest BCUT2D eigenvalue weighted by molar-refractivity contribution is 9.10. The van der Waals surface area contributed by atoms with Crippen LogP contribution in [0.25, 0.3) is 5.57 Å². The molecule has 0 saturated heterocycles. The van der Waals surface area contributed by atoms with Crippen LogP contribution in [0.5, 0.6) is 0 Å². The number of nitro benzene ring substituents is 1. The van der Waals surface area contributed by atoms with Gasteiger partial charge in [-0.25, -0.2) is 0 Å². The standard InChI is InChI=1S/C16H9BrN2O4/c17-10-4-5-14-12(7-10)13(16(21)18-14)8-15(20)9-2-1-3-11(6-9)19(22)23/h1-8H,(H,18,21)/b13-8+. The van der Waals surface area contributed by atoms with E-state index in [-0.39, 0.29) is 22.7 Å². The molecule has 1 heterocycles. The van der Waals surface area contributed by atoms with Gasteiger partial charge in [0.25, 0.3) is 11.6 Å². The van der Waals surface area contributed by atoms with E-state index in [1.165, 1.54) is 30.3 Å². The number of carbonyl (C=O) groups is 2. The molecule has 6 nitrogen and oxygen atoms in total. The summed E-state index contributed by atoms with van der Waals surface area (Å²) >= 11 is 3.32. The molecule has 23 heavy (non-hydrogen) atoms. The van der Waals surface area contributed by atoms with Crippen LogP contribution in [0.4, 0.5) is 11.4 Å². The van der Waals surface area contributed by atoms with Gasteiger partial charge in [-0.3, -0.25) is 19.7 Å². The fraction of sp³-hybridized carbons (Fsp3) is 0. The van der Waals surface area contributed by atoms with Crippen molar-refractivity contribution < 1.29 is 14.5 Å². The first-order valence-corrected chi connectivity index (χ1v) is 7.37. The van der Waals surface area contributed by atoms with E-state index in [0.29, 0.717) is 11.3 Å². The number of carbonyl (C=O) groups excluding carboxylic acids is 2. The number of benzene rings is 2. The van der Waals surface area contributed by atoms with Crippen LogP contribution in [0.2, 0.25) is 0 Å². The lowest BCUT2D eigenvalue weighted by atomic mass is 10.0. The van der Waals surface area contributed by atoms with Gasteiger partial charge in [-0.05, 0) is 24.3 Å². The maximum atomic E-state index is 12.3. The molecule has 0 bridgehead atoms. The molecule has 1 N–H and O–H groups in total. The number of amides is 1. The second-order valence-electron chi connectivity index (χ2n) is 4.87. The average Bonchev–Trinajstić information content (AvgIpc) is 2.83. The Bertz CT molecular complexity index is 889. The van der Waals surface area contributed by atoms with Gasteiger partial charge in [-0.1, -0.05) is 28.1 Å². The Morgan fingerprint density at radius 1 is 1.22 bits per heavy atom. The molecule has 1 amide bonds. The lowest BCUT2D eigenvalue weighted by Crippen LogP contribution is -2.06. The predicted molar refractivity (Wildman–Crippen MR) is 88.2 cm³/mol. The zero-order valence-corrected chi connectivity index (χ0v) is 13.2. The number of ketones is 1. The minimum atomic E-state index is -0.571. The fourth-order valence-electron chi connectivity index (χ4n) is 2.29. The van der Waals surface area contributed by atoms with Gasteiger partial charge in [0, 0.05) is 33.4 Å². The molecular weight excluding hydrogens is 364 g/mol. The van der Waals surface area contributed by atoms with Crippen molar-refractivity contribution in [1.29, 1.82) is 0 Å². The SMILES string of the molecule is O=C1Nc2ccc(Br)cc2/C1=C\C(=O)c1cccc([N+](=O)[O-])c1. The Morgan fingerprint density at radius 3 is 2.74 bits per heavy atom. The molecule has 114 valence electrons. The highest BCUT2D eigenvalue weighted by atomic mass is 79.9. The summed E-state index contributed by atoms with van der Waals surface area (Å²) in [6.45, 7) is 0. The van der Waals surface area contributed by atoms with Crippen LogP contribution in [-0.4, -0.2) is 16.6 Å². The summed E-state index contributed by atoms with van der Waals surface area (Å²) in [6, 6.07) is 10.6. The van der Waals surface area contributed by atoms with Gasteiger partial charge < -0.3 is 5.32 Å². The third-order valence-corrected chi connectivity index (χ3v) is 3.87. The molecule has 0 fully saturated rings. The summed E-state index contributed by atoms with van der Waals surface area (Å²) in [7, 11) is 0. The average molecular weight is 373 g/mol. The zero-order chi connectivity index (χ0) is 16.6. The first-order chi connectivity index (χ1) is 11.0. The van der Waals surface area contributed by atoms with Gasteiger partial charge >= 0.3 is 0 Å². The Balaban J connectivity index is 2.01. The third kappa shape index (κ3) is 2.91. The number of fused-ring (bicyclic) bond motifs is 1. The molecule has 0 radical (unpaired) electrons. The topological polar surface area (TPSA) is 89.3 Å². The highest BCUT2D eigenvalue weighted by Crippen LogP contribution is 2.34. The van der Waals surface area contributed by atoms with Crippen LogP contribution in [0, 0.1) is 10.1 Å². The molecule has 3 rings (SSSR count). The highest BCUT2D eigenvalue weighted by Gasteiger charge is 2.25. The van der Waals surface area contributed by atoms with Gasteiger partial charge in [-0.2, -0.15) is 0 Å². The van der Waals surface area contributed by atoms with Crippen molar-refractivity contribution in [3.8, 4) is 0 Å². The van der Waals surface area contributed by atoms with Crippen LogP contribution in [0.15, 0.2) is 53.0 Å². The summed E-state index contributed by atoms with van der Waals surface area (Å²) in [5.41, 5.74) is 1.45. The molecule has 1 aliphatic heterocycles. The van der Waals surface area contributed by atoms with Gasteiger partial charge in [0.2, 0.25) is 0 Å². The predicted octanol–water partition coefficient (Wildman–Crippen LogP) is 3.58. The van der Waals surface area contributed by atoms with Gasteiger partial charge in [0.05, 0.1) is 10.5 Å². The van der Waals surface area contributed by atoms with Gasteiger partial charge in [0.15, 0.2) is 5.78 Å². The van der Waals surface area contributed by atoms with Crippen LogP contribution in [0.3, 0.4) is 0 Å². The van der Waals surface area contributed by atoms with Gasteiger partial charge in [0.1, 0.15) is 0 Å². The first kappa shape index (κ1) is 15.1. The minimum Gasteiger partial charge on any atom is -0.321 e. The molecule has 2 aromatic carbocycles. The molecule has 0 aliphatic carbocycles. The number of rotatable bonds is 3. The summed E-state index contributed by atoms with van der Waals surface area (Å²) in [6.07, 6.45) is 1.20. The molecule has 2 aromatic rings. The van der Waals surface area contributed by atoms with E-state index >= 15 is 0 Å². The summed E-state index contributed by atoms with van der Waals surface area (Å²) < 4.78 is 0.779. The van der Waals surface area contributed by atoms with E-state index < -0.39 is 10.7 Å². The number of halogens is 1. The Morgan fingerprint density at radius 2 is 2.00 bits per heavy atom. The summed E-state index contributed by atoms with van der Waals surface area (Å²) in [4.78, 5) is 34.6. The summed E-state index contributed by atoms with van der Waals surface area (Å²) in [5, 5.41) is 13.5. The molecule has 7 heteroatoms. The molecule has 0 aromatic heterocycles. The second kappa shape index (κ2) is 5.77. The Hall–Kier alpha value is -2.80. The molecule has 0 saturated carbocycles. The normalized spacial score (nSPS) is 14.5. The van der Waals surface area contributed by atoms with Crippen LogP contribution >= 0.6 is 15.9 Å². The number of allylic oxidation sites excluding steroid dienone is 1. The van der Waals surface area contributed by atoms with Crippen molar-refractivity contribution in [2.75, 3.05) is 5.32 Å². The Labute approximate surface area is 139 Å². The van der Waals surface area contributed by atoms with Crippen LogP contribution in [-0.2, 0) is 4.79 Å². The monoisotopic (exact) mass is 372 g/mol. The van der Waals surface area contributed by atoms with Crippen LogP contribution < -0.4 is 5.32 Å². The van der Waals surface area contributed by atoms with Crippen LogP contribution in [0.1, 0.15) is 15.9 Å². The lowest BCUT2D eigenvalue weighted by molar-refractivity contribution is -0.384. The first-order valence-electron chi connectivity index (χ1n) is 6.57. The van der Waals surface area contributed by atoms with Crippen molar-refractivity contribution in [2.24, 2.45) is 0 Å². The molecule has 0 unspecified atom stereocenters. The molecular formula is C16H9BrN2O4. The van der Waals surface area contributed by atoms with E-state index in [2.05, 4.69) is 21.2 Å². The fourth-order valence-corrected chi connectivity index (χ4v) is 2.65. The second-order valence-corrected chi connectivity index (χ2v) is 5.79. The number of hydrogen-bond acceptors (Lipinski definition) is 4. The molecule has 0 spiro atoms. The smallest absolute Gasteiger partial charge is 0.270 e. The quantitative estimate of drug-likeness (QED) is 0.386. The van der Waals surface area contributed by atoms with Gasteiger partial charge in [-0.15, -0.1) is 0 Å². The maximum absolute atomic E-state index is 12.3. The lowest BCUT2D eigenvalue weighted by Gasteiger charge is -2.00. The zero-order valence-electron chi connectivity index (χ0n) is 11.6. The van der Waals surface area contributed by atoms with Crippen molar-refractivity contribution >= 4 is 44.6 Å². The minimum absolute atomic E-state index is 0.156. The van der Waals surface area contributed by atoms with E-state index in [1.807, 2.05) is 0 Å².